The summed E-state index contributed by atoms with van der Waals surface area (Å²) < 4.78 is 0. The van der Waals surface area contributed by atoms with Crippen LogP contribution in [0.2, 0.25) is 5.02 Å². The standard InChI is InChI=1S/C11H17ClN2O/c1-8(7-15)14(2)6-9-10(12)4-3-5-11(9)13/h3-5,8,15H,6-7,13H2,1-2H3. The Morgan fingerprint density at radius 3 is 2.73 bits per heavy atom. The molecule has 1 unspecified atom stereocenters. The minimum atomic E-state index is 0.0978. The first kappa shape index (κ1) is 12.3. The van der Waals surface area contributed by atoms with Gasteiger partial charge in [-0.15, -0.1) is 0 Å². The van der Waals surface area contributed by atoms with E-state index in [4.69, 9.17) is 22.4 Å². The summed E-state index contributed by atoms with van der Waals surface area (Å²) in [6.45, 7) is 2.72. The molecule has 0 saturated heterocycles. The van der Waals surface area contributed by atoms with Gasteiger partial charge in [-0.3, -0.25) is 4.90 Å². The third kappa shape index (κ3) is 3.09. The van der Waals surface area contributed by atoms with Crippen molar-refractivity contribution >= 4 is 17.3 Å². The molecular weight excluding hydrogens is 212 g/mol. The maximum atomic E-state index is 9.02. The molecule has 1 atom stereocenters. The number of hydrogen-bond donors (Lipinski definition) is 2. The number of aliphatic hydroxyl groups excluding tert-OH is 1. The molecule has 1 rings (SSSR count). The van der Waals surface area contributed by atoms with Gasteiger partial charge in [-0.25, -0.2) is 0 Å². The molecule has 0 aliphatic rings. The molecule has 0 heterocycles. The molecule has 1 aromatic rings. The van der Waals surface area contributed by atoms with Crippen LogP contribution in [-0.4, -0.2) is 29.7 Å². The number of hydrogen-bond acceptors (Lipinski definition) is 3. The van der Waals surface area contributed by atoms with Gasteiger partial charge in [0.1, 0.15) is 0 Å². The molecule has 0 aliphatic carbocycles. The number of aliphatic hydroxyl groups is 1. The predicted octanol–water partition coefficient (Wildman–Crippen LogP) is 1.73. The van der Waals surface area contributed by atoms with Crippen molar-refractivity contribution in [2.24, 2.45) is 0 Å². The summed E-state index contributed by atoms with van der Waals surface area (Å²) in [5.74, 6) is 0. The summed E-state index contributed by atoms with van der Waals surface area (Å²) in [6, 6.07) is 5.58. The highest BCUT2D eigenvalue weighted by Crippen LogP contribution is 2.23. The van der Waals surface area contributed by atoms with Crippen molar-refractivity contribution < 1.29 is 5.11 Å². The Kier molecular flexibility index (Phi) is 4.39. The lowest BCUT2D eigenvalue weighted by atomic mass is 10.1. The number of benzene rings is 1. The molecule has 0 amide bonds. The molecule has 4 heteroatoms. The molecule has 0 radical (unpaired) electrons. The van der Waals surface area contributed by atoms with Gasteiger partial charge in [0.2, 0.25) is 0 Å². The Balaban J connectivity index is 2.80. The maximum absolute atomic E-state index is 9.02. The minimum absolute atomic E-state index is 0.0978. The third-order valence-corrected chi connectivity index (χ3v) is 2.93. The van der Waals surface area contributed by atoms with Crippen molar-refractivity contribution in [1.29, 1.82) is 0 Å². The van der Waals surface area contributed by atoms with E-state index in [-0.39, 0.29) is 12.6 Å². The first-order valence-electron chi connectivity index (χ1n) is 4.90. The van der Waals surface area contributed by atoms with Gasteiger partial charge in [0, 0.05) is 28.9 Å². The van der Waals surface area contributed by atoms with Crippen LogP contribution in [0.1, 0.15) is 12.5 Å². The largest absolute Gasteiger partial charge is 0.398 e. The van der Waals surface area contributed by atoms with Gasteiger partial charge in [0.05, 0.1) is 6.61 Å². The third-order valence-electron chi connectivity index (χ3n) is 2.58. The zero-order chi connectivity index (χ0) is 11.4. The van der Waals surface area contributed by atoms with Gasteiger partial charge in [0.15, 0.2) is 0 Å². The molecule has 3 nitrogen and oxygen atoms in total. The second-order valence-corrected chi connectivity index (χ2v) is 4.16. The fourth-order valence-corrected chi connectivity index (χ4v) is 1.53. The van der Waals surface area contributed by atoms with E-state index < -0.39 is 0 Å². The van der Waals surface area contributed by atoms with E-state index in [1.54, 1.807) is 0 Å². The summed E-state index contributed by atoms with van der Waals surface area (Å²) in [7, 11) is 1.93. The predicted molar refractivity (Wildman–Crippen MR) is 63.9 cm³/mol. The molecule has 1 aromatic carbocycles. The molecule has 3 N–H and O–H groups in total. The highest BCUT2D eigenvalue weighted by atomic mass is 35.5. The van der Waals surface area contributed by atoms with Crippen molar-refractivity contribution in [2.45, 2.75) is 19.5 Å². The summed E-state index contributed by atoms with van der Waals surface area (Å²) in [5.41, 5.74) is 7.45. The Bertz CT molecular complexity index is 310. The van der Waals surface area contributed by atoms with Crippen LogP contribution in [0.5, 0.6) is 0 Å². The van der Waals surface area contributed by atoms with E-state index in [1.165, 1.54) is 0 Å². The number of anilines is 1. The Hall–Kier alpha value is -0.770. The molecule has 0 aromatic heterocycles. The smallest absolute Gasteiger partial charge is 0.0584 e. The van der Waals surface area contributed by atoms with Crippen LogP contribution < -0.4 is 5.73 Å². The van der Waals surface area contributed by atoms with E-state index in [9.17, 15) is 0 Å². The zero-order valence-corrected chi connectivity index (χ0v) is 9.83. The molecule has 0 saturated carbocycles. The molecule has 15 heavy (non-hydrogen) atoms. The van der Waals surface area contributed by atoms with Gasteiger partial charge in [-0.2, -0.15) is 0 Å². The first-order chi connectivity index (χ1) is 7.06. The zero-order valence-electron chi connectivity index (χ0n) is 9.07. The van der Waals surface area contributed by atoms with E-state index in [0.29, 0.717) is 17.3 Å². The van der Waals surface area contributed by atoms with Crippen molar-refractivity contribution in [3.05, 3.63) is 28.8 Å². The highest BCUT2D eigenvalue weighted by Gasteiger charge is 2.12. The molecule has 0 aliphatic heterocycles. The molecule has 0 fully saturated rings. The normalized spacial score (nSPS) is 13.1. The summed E-state index contributed by atoms with van der Waals surface area (Å²) in [4.78, 5) is 2.01. The van der Waals surface area contributed by atoms with E-state index in [1.807, 2.05) is 37.1 Å². The van der Waals surface area contributed by atoms with Crippen LogP contribution in [0.3, 0.4) is 0 Å². The SMILES string of the molecule is CC(CO)N(C)Cc1c(N)cccc1Cl. The fourth-order valence-electron chi connectivity index (χ4n) is 1.29. The second kappa shape index (κ2) is 5.35. The Morgan fingerprint density at radius 1 is 1.53 bits per heavy atom. The highest BCUT2D eigenvalue weighted by molar-refractivity contribution is 6.31. The lowest BCUT2D eigenvalue weighted by Crippen LogP contribution is -2.31. The van der Waals surface area contributed by atoms with Crippen LogP contribution in [0.25, 0.3) is 0 Å². The maximum Gasteiger partial charge on any atom is 0.0584 e. The monoisotopic (exact) mass is 228 g/mol. The van der Waals surface area contributed by atoms with E-state index in [0.717, 1.165) is 5.56 Å². The van der Waals surface area contributed by atoms with Gasteiger partial charge in [0.25, 0.3) is 0 Å². The molecular formula is C11H17ClN2O. The fraction of sp³-hybridized carbons (Fsp3) is 0.455. The number of rotatable bonds is 4. The van der Waals surface area contributed by atoms with Gasteiger partial charge < -0.3 is 10.8 Å². The van der Waals surface area contributed by atoms with Crippen molar-refractivity contribution in [2.75, 3.05) is 19.4 Å². The minimum Gasteiger partial charge on any atom is -0.398 e. The average Bonchev–Trinajstić information content (AvgIpc) is 2.22. The van der Waals surface area contributed by atoms with Gasteiger partial charge >= 0.3 is 0 Å². The summed E-state index contributed by atoms with van der Waals surface area (Å²) >= 11 is 6.05. The van der Waals surface area contributed by atoms with Crippen LogP contribution >= 0.6 is 11.6 Å². The van der Waals surface area contributed by atoms with Crippen molar-refractivity contribution in [3.63, 3.8) is 0 Å². The number of halogens is 1. The van der Waals surface area contributed by atoms with Crippen LogP contribution in [0.15, 0.2) is 18.2 Å². The Morgan fingerprint density at radius 2 is 2.20 bits per heavy atom. The van der Waals surface area contributed by atoms with E-state index in [2.05, 4.69) is 0 Å². The number of likely N-dealkylation sites (N-methyl/N-ethyl adjacent to an activating group) is 1. The van der Waals surface area contributed by atoms with Crippen LogP contribution in [0.4, 0.5) is 5.69 Å². The molecule has 0 bridgehead atoms. The quantitative estimate of drug-likeness (QED) is 0.772. The average molecular weight is 229 g/mol. The van der Waals surface area contributed by atoms with Gasteiger partial charge in [-0.05, 0) is 26.1 Å². The number of nitrogens with two attached hydrogens (primary N) is 1. The first-order valence-corrected chi connectivity index (χ1v) is 5.28. The topological polar surface area (TPSA) is 49.5 Å². The second-order valence-electron chi connectivity index (χ2n) is 3.75. The van der Waals surface area contributed by atoms with Crippen molar-refractivity contribution in [3.8, 4) is 0 Å². The summed E-state index contributed by atoms with van der Waals surface area (Å²) in [5, 5.41) is 9.69. The van der Waals surface area contributed by atoms with E-state index >= 15 is 0 Å². The molecule has 0 spiro atoms. The van der Waals surface area contributed by atoms with Crippen LogP contribution in [0, 0.1) is 0 Å². The Labute approximate surface area is 95.5 Å². The lowest BCUT2D eigenvalue weighted by molar-refractivity contribution is 0.154. The summed E-state index contributed by atoms with van der Waals surface area (Å²) in [6.07, 6.45) is 0. The van der Waals surface area contributed by atoms with Gasteiger partial charge in [-0.1, -0.05) is 17.7 Å². The van der Waals surface area contributed by atoms with Crippen LogP contribution in [-0.2, 0) is 6.54 Å². The molecule has 84 valence electrons. The lowest BCUT2D eigenvalue weighted by Gasteiger charge is -2.23. The number of nitrogens with zero attached hydrogens (tertiary/aromatic N) is 1. The number of nitrogen functional groups attached to an aromatic ring is 1. The van der Waals surface area contributed by atoms with Crippen molar-refractivity contribution in [1.82, 2.24) is 4.90 Å².